The summed E-state index contributed by atoms with van der Waals surface area (Å²) in [4.78, 5) is 89.7. The third-order valence-corrected chi connectivity index (χ3v) is 9.39. The molecule has 0 spiro atoms. The van der Waals surface area contributed by atoms with E-state index in [1.807, 2.05) is 12.1 Å². The quantitative estimate of drug-likeness (QED) is 0.255. The van der Waals surface area contributed by atoms with Crippen molar-refractivity contribution in [2.24, 2.45) is 0 Å². The summed E-state index contributed by atoms with van der Waals surface area (Å²) >= 11 is 0. The number of benzene rings is 2. The molecule has 0 radical (unpaired) electrons. The first-order chi connectivity index (χ1) is 22.2. The molecule has 2 atom stereocenters. The summed E-state index contributed by atoms with van der Waals surface area (Å²) in [6.45, 7) is 0.574. The van der Waals surface area contributed by atoms with Crippen LogP contribution in [0.25, 0.3) is 0 Å². The van der Waals surface area contributed by atoms with Gasteiger partial charge in [0.05, 0.1) is 0 Å². The molecule has 12 nitrogen and oxygen atoms in total. The van der Waals surface area contributed by atoms with Crippen molar-refractivity contribution in [2.75, 3.05) is 5.32 Å². The lowest BCUT2D eigenvalue weighted by atomic mass is 9.98. The Kier molecular flexibility index (Phi) is 8.96. The predicted molar refractivity (Wildman–Crippen MR) is 165 cm³/mol. The van der Waals surface area contributed by atoms with E-state index in [4.69, 9.17) is 0 Å². The number of unbranched alkanes of at least 4 members (excludes halogenated alkanes) is 4. The maximum absolute atomic E-state index is 13.1. The number of imide groups is 2. The highest BCUT2D eigenvalue weighted by Gasteiger charge is 2.41. The molecule has 46 heavy (non-hydrogen) atoms. The van der Waals surface area contributed by atoms with Crippen LogP contribution in [-0.2, 0) is 43.5 Å². The van der Waals surface area contributed by atoms with E-state index in [1.165, 1.54) is 4.90 Å². The van der Waals surface area contributed by atoms with E-state index in [1.54, 1.807) is 29.2 Å². The van der Waals surface area contributed by atoms with Gasteiger partial charge in [-0.2, -0.15) is 0 Å². The maximum atomic E-state index is 13.1. The summed E-state index contributed by atoms with van der Waals surface area (Å²) < 4.78 is 0. The molecule has 7 amide bonds. The largest absolute Gasteiger partial charge is 0.326 e. The number of fused-ring (bicyclic) bond motifs is 2. The molecule has 2 unspecified atom stereocenters. The number of aryl methyl sites for hydroxylation is 1. The van der Waals surface area contributed by atoms with Crippen molar-refractivity contribution >= 4 is 47.0 Å². The number of carbonyl (C=O) groups excluding carboxylic acids is 7. The highest BCUT2D eigenvalue weighted by molar-refractivity contribution is 6.07. The van der Waals surface area contributed by atoms with Crippen LogP contribution in [0, 0.1) is 0 Å². The van der Waals surface area contributed by atoms with Crippen molar-refractivity contribution in [3.63, 3.8) is 0 Å². The second kappa shape index (κ2) is 13.2. The van der Waals surface area contributed by atoms with E-state index >= 15 is 0 Å². The van der Waals surface area contributed by atoms with Crippen LogP contribution in [0.5, 0.6) is 0 Å². The number of nitrogens with one attached hydrogen (secondary N) is 3. The van der Waals surface area contributed by atoms with Gasteiger partial charge in [-0.3, -0.25) is 44.2 Å². The van der Waals surface area contributed by atoms with Crippen LogP contribution in [0.1, 0.15) is 102 Å². The SMILES string of the molecule is O=C1CCC(N2Cc3c(CCCCCCCC(=O)Nc4cccc5c4CN(C4CCC(=O)NC4=O)C5=O)cccc3C2=O)C(=O)N1. The molecule has 2 saturated heterocycles. The zero-order valence-corrected chi connectivity index (χ0v) is 25.6. The molecule has 0 bridgehead atoms. The van der Waals surface area contributed by atoms with Gasteiger partial charge in [0.15, 0.2) is 0 Å². The van der Waals surface area contributed by atoms with E-state index < -0.39 is 23.9 Å². The lowest BCUT2D eigenvalue weighted by Crippen LogP contribution is -2.52. The Balaban J connectivity index is 0.931. The van der Waals surface area contributed by atoms with Gasteiger partial charge in [-0.1, -0.05) is 37.5 Å². The van der Waals surface area contributed by atoms with E-state index in [9.17, 15) is 33.6 Å². The van der Waals surface area contributed by atoms with Gasteiger partial charge < -0.3 is 15.1 Å². The van der Waals surface area contributed by atoms with Gasteiger partial charge in [-0.05, 0) is 61.4 Å². The van der Waals surface area contributed by atoms with Crippen LogP contribution in [0.2, 0.25) is 0 Å². The first kappa shape index (κ1) is 31.1. The molecule has 0 saturated carbocycles. The Bertz CT molecular complexity index is 1640. The van der Waals surface area contributed by atoms with Crippen LogP contribution < -0.4 is 16.0 Å². The van der Waals surface area contributed by atoms with Crippen LogP contribution in [0.3, 0.4) is 0 Å². The van der Waals surface area contributed by atoms with Gasteiger partial charge in [-0.25, -0.2) is 0 Å². The predicted octanol–water partition coefficient (Wildman–Crippen LogP) is 2.73. The normalized spacial score (nSPS) is 20.9. The molecule has 6 rings (SSSR count). The van der Waals surface area contributed by atoms with Crippen molar-refractivity contribution < 1.29 is 33.6 Å². The molecule has 4 heterocycles. The molecule has 2 fully saturated rings. The molecule has 2 aromatic carbocycles. The fourth-order valence-corrected chi connectivity index (χ4v) is 6.93. The Hall–Kier alpha value is -4.87. The molecule has 4 aliphatic rings. The zero-order valence-electron chi connectivity index (χ0n) is 25.6. The number of amides is 7. The van der Waals surface area contributed by atoms with Crippen molar-refractivity contribution in [1.29, 1.82) is 0 Å². The fourth-order valence-electron chi connectivity index (χ4n) is 6.93. The Morgan fingerprint density at radius 3 is 1.87 bits per heavy atom. The molecule has 0 aliphatic carbocycles. The maximum Gasteiger partial charge on any atom is 0.255 e. The molecule has 12 heteroatoms. The minimum atomic E-state index is -0.709. The summed E-state index contributed by atoms with van der Waals surface area (Å²) in [5, 5.41) is 7.58. The number of hydrogen-bond donors (Lipinski definition) is 3. The number of rotatable bonds is 11. The second-order valence-electron chi connectivity index (χ2n) is 12.4. The van der Waals surface area contributed by atoms with Crippen molar-refractivity contribution in [3.05, 3.63) is 64.2 Å². The van der Waals surface area contributed by atoms with Gasteiger partial charge in [0.25, 0.3) is 11.8 Å². The minimum Gasteiger partial charge on any atom is -0.326 e. The third kappa shape index (κ3) is 6.29. The van der Waals surface area contributed by atoms with Crippen molar-refractivity contribution in [1.82, 2.24) is 20.4 Å². The highest BCUT2D eigenvalue weighted by atomic mass is 16.2. The van der Waals surface area contributed by atoms with Crippen LogP contribution >= 0.6 is 0 Å². The summed E-state index contributed by atoms with van der Waals surface area (Å²) in [6, 6.07) is 9.54. The standard InChI is InChI=1S/C34H37N5O7/c40-28(35-25-12-7-11-22-24(25)19-39(34(22)46)27-15-17-30(42)37-32(27)44)13-5-3-1-2-4-8-20-9-6-10-21-23(20)18-38(33(21)45)26-14-16-29(41)36-31(26)43/h6-7,9-12,26-27H,1-5,8,13-19H2,(H,35,40)(H,36,41,43)(H,37,42,44). The molecule has 4 aliphatic heterocycles. The number of hydrogen-bond acceptors (Lipinski definition) is 7. The van der Waals surface area contributed by atoms with Gasteiger partial charge in [0.2, 0.25) is 29.5 Å². The highest BCUT2D eigenvalue weighted by Crippen LogP contribution is 2.33. The van der Waals surface area contributed by atoms with E-state index in [0.29, 0.717) is 41.8 Å². The molecule has 240 valence electrons. The third-order valence-electron chi connectivity index (χ3n) is 9.39. The first-order valence-electron chi connectivity index (χ1n) is 16.0. The summed E-state index contributed by atoms with van der Waals surface area (Å²) in [7, 11) is 0. The molecule has 2 aromatic rings. The minimum absolute atomic E-state index is 0.134. The van der Waals surface area contributed by atoms with Gasteiger partial charge in [0.1, 0.15) is 12.1 Å². The topological polar surface area (TPSA) is 162 Å². The average molecular weight is 628 g/mol. The Morgan fingerprint density at radius 1 is 0.696 bits per heavy atom. The van der Waals surface area contributed by atoms with Gasteiger partial charge in [-0.15, -0.1) is 0 Å². The van der Waals surface area contributed by atoms with Gasteiger partial charge in [0, 0.05) is 54.7 Å². The first-order valence-corrected chi connectivity index (χ1v) is 16.0. The number of carbonyl (C=O) groups is 7. The summed E-state index contributed by atoms with van der Waals surface area (Å²) in [5.74, 6) is -2.10. The molecule has 3 N–H and O–H groups in total. The van der Waals surface area contributed by atoms with Crippen molar-refractivity contribution in [2.45, 2.75) is 95.8 Å². The second-order valence-corrected chi connectivity index (χ2v) is 12.4. The van der Waals surface area contributed by atoms with Crippen LogP contribution in [-0.4, -0.2) is 63.2 Å². The summed E-state index contributed by atoms with van der Waals surface area (Å²) in [5.41, 5.74) is 4.40. The molecule has 0 aromatic heterocycles. The Labute approximate surface area is 266 Å². The van der Waals surface area contributed by atoms with Crippen molar-refractivity contribution in [3.8, 4) is 0 Å². The number of piperidine rings is 2. The number of nitrogens with zero attached hydrogens (tertiary/aromatic N) is 2. The van der Waals surface area contributed by atoms with Gasteiger partial charge >= 0.3 is 0 Å². The fraction of sp³-hybridized carbons (Fsp3) is 0.441. The van der Waals surface area contributed by atoms with Crippen LogP contribution in [0.4, 0.5) is 5.69 Å². The van der Waals surface area contributed by atoms with E-state index in [2.05, 4.69) is 16.0 Å². The lowest BCUT2D eigenvalue weighted by Gasteiger charge is -2.29. The smallest absolute Gasteiger partial charge is 0.255 e. The van der Waals surface area contributed by atoms with Crippen LogP contribution in [0.15, 0.2) is 36.4 Å². The monoisotopic (exact) mass is 627 g/mol. The molecular formula is C34H37N5O7. The average Bonchev–Trinajstić information content (AvgIpc) is 3.54. The van der Waals surface area contributed by atoms with E-state index in [-0.39, 0.29) is 55.3 Å². The Morgan fingerprint density at radius 2 is 1.24 bits per heavy atom. The van der Waals surface area contributed by atoms with E-state index in [0.717, 1.165) is 49.7 Å². The number of anilines is 1. The molecular weight excluding hydrogens is 590 g/mol. The zero-order chi connectivity index (χ0) is 32.4. The summed E-state index contributed by atoms with van der Waals surface area (Å²) in [6.07, 6.45) is 6.66. The lowest BCUT2D eigenvalue weighted by molar-refractivity contribution is -0.138.